The first kappa shape index (κ1) is 14.0. The molecule has 1 aliphatic heterocycles. The Morgan fingerprint density at radius 1 is 1.61 bits per heavy atom. The van der Waals surface area contributed by atoms with E-state index in [2.05, 4.69) is 41.4 Å². The summed E-state index contributed by atoms with van der Waals surface area (Å²) in [6.45, 7) is 10.4. The maximum atomic E-state index is 4.37. The minimum atomic E-state index is 0.643. The van der Waals surface area contributed by atoms with Crippen LogP contribution in [0.2, 0.25) is 0 Å². The van der Waals surface area contributed by atoms with Crippen LogP contribution in [0.3, 0.4) is 0 Å². The van der Waals surface area contributed by atoms with E-state index in [1.807, 2.05) is 5.51 Å². The summed E-state index contributed by atoms with van der Waals surface area (Å²) < 4.78 is 0. The zero-order valence-electron chi connectivity index (χ0n) is 11.7. The molecule has 0 bridgehead atoms. The van der Waals surface area contributed by atoms with Crippen molar-refractivity contribution in [3.63, 3.8) is 0 Å². The van der Waals surface area contributed by atoms with Crippen molar-refractivity contribution < 1.29 is 0 Å². The molecule has 2 heterocycles. The lowest BCUT2D eigenvalue weighted by Gasteiger charge is -2.41. The Hall–Kier alpha value is -0.450. The van der Waals surface area contributed by atoms with Crippen molar-refractivity contribution in [2.24, 2.45) is 5.92 Å². The van der Waals surface area contributed by atoms with Crippen molar-refractivity contribution in [3.8, 4) is 0 Å². The average Bonchev–Trinajstić information content (AvgIpc) is 2.90. The molecule has 0 radical (unpaired) electrons. The molecule has 18 heavy (non-hydrogen) atoms. The minimum Gasteiger partial charge on any atom is -0.311 e. The summed E-state index contributed by atoms with van der Waals surface area (Å²) in [6.07, 6.45) is 2.34. The summed E-state index contributed by atoms with van der Waals surface area (Å²) in [7, 11) is 0. The molecule has 0 saturated carbocycles. The number of thiazole rings is 1. The molecule has 1 N–H and O–H groups in total. The molecule has 3 nitrogen and oxygen atoms in total. The average molecular weight is 267 g/mol. The van der Waals surface area contributed by atoms with Crippen LogP contribution >= 0.6 is 11.3 Å². The van der Waals surface area contributed by atoms with E-state index in [1.54, 1.807) is 11.3 Å². The third-order valence-electron chi connectivity index (χ3n) is 4.20. The van der Waals surface area contributed by atoms with Crippen LogP contribution in [0.25, 0.3) is 0 Å². The van der Waals surface area contributed by atoms with Crippen LogP contribution in [0.5, 0.6) is 0 Å². The minimum absolute atomic E-state index is 0.643. The maximum Gasteiger partial charge on any atom is 0.0794 e. The molecule has 0 spiro atoms. The zero-order valence-corrected chi connectivity index (χ0v) is 12.5. The number of aromatic nitrogens is 1. The first-order chi connectivity index (χ1) is 8.70. The second-order valence-electron chi connectivity index (χ2n) is 5.47. The van der Waals surface area contributed by atoms with Gasteiger partial charge >= 0.3 is 0 Å². The summed E-state index contributed by atoms with van der Waals surface area (Å²) in [5, 5.41) is 5.85. The van der Waals surface area contributed by atoms with Crippen LogP contribution in [0.1, 0.15) is 32.9 Å². The van der Waals surface area contributed by atoms with Crippen molar-refractivity contribution in [3.05, 3.63) is 16.6 Å². The molecule has 1 fully saturated rings. The molecular weight excluding hydrogens is 242 g/mol. The van der Waals surface area contributed by atoms with E-state index >= 15 is 0 Å². The van der Waals surface area contributed by atoms with Crippen molar-refractivity contribution in [1.29, 1.82) is 0 Å². The third-order valence-corrected chi connectivity index (χ3v) is 4.83. The van der Waals surface area contributed by atoms with Crippen molar-refractivity contribution in [1.82, 2.24) is 15.2 Å². The smallest absolute Gasteiger partial charge is 0.0794 e. The van der Waals surface area contributed by atoms with E-state index in [4.69, 9.17) is 0 Å². The molecule has 1 saturated heterocycles. The summed E-state index contributed by atoms with van der Waals surface area (Å²) in [6, 6.07) is 1.30. The van der Waals surface area contributed by atoms with E-state index in [-0.39, 0.29) is 0 Å². The first-order valence-electron chi connectivity index (χ1n) is 7.05. The number of hydrogen-bond acceptors (Lipinski definition) is 4. The lowest BCUT2D eigenvalue weighted by molar-refractivity contribution is 0.120. The molecule has 2 rings (SSSR count). The topological polar surface area (TPSA) is 28.2 Å². The number of nitrogens with one attached hydrogen (secondary N) is 1. The van der Waals surface area contributed by atoms with E-state index in [0.717, 1.165) is 25.4 Å². The van der Waals surface area contributed by atoms with Gasteiger partial charge in [-0.25, -0.2) is 4.98 Å². The Balaban J connectivity index is 1.85. The van der Waals surface area contributed by atoms with Crippen LogP contribution < -0.4 is 5.32 Å². The predicted octanol–water partition coefficient (Wildman–Crippen LogP) is 2.39. The van der Waals surface area contributed by atoms with E-state index in [1.165, 1.54) is 18.7 Å². The molecule has 3 atom stereocenters. The zero-order chi connectivity index (χ0) is 13.0. The monoisotopic (exact) mass is 267 g/mol. The summed E-state index contributed by atoms with van der Waals surface area (Å²) in [5.41, 5.74) is 3.17. The molecule has 0 aliphatic carbocycles. The molecule has 0 amide bonds. The molecule has 1 aliphatic rings. The van der Waals surface area contributed by atoms with Gasteiger partial charge in [0.1, 0.15) is 0 Å². The Bertz CT molecular complexity index is 339. The first-order valence-corrected chi connectivity index (χ1v) is 7.99. The van der Waals surface area contributed by atoms with Crippen molar-refractivity contribution >= 4 is 11.3 Å². The van der Waals surface area contributed by atoms with E-state index < -0.39 is 0 Å². The predicted molar refractivity (Wildman–Crippen MR) is 78.1 cm³/mol. The van der Waals surface area contributed by atoms with Gasteiger partial charge in [-0.3, -0.25) is 4.90 Å². The van der Waals surface area contributed by atoms with Crippen LogP contribution in [-0.2, 0) is 6.42 Å². The van der Waals surface area contributed by atoms with E-state index in [0.29, 0.717) is 12.1 Å². The highest BCUT2D eigenvalue weighted by atomic mass is 32.1. The molecule has 4 heteroatoms. The largest absolute Gasteiger partial charge is 0.311 e. The van der Waals surface area contributed by atoms with Crippen LogP contribution in [0.15, 0.2) is 10.9 Å². The third kappa shape index (κ3) is 3.53. The van der Waals surface area contributed by atoms with Crippen molar-refractivity contribution in [2.45, 2.75) is 45.7 Å². The van der Waals surface area contributed by atoms with Crippen LogP contribution in [0.4, 0.5) is 0 Å². The Morgan fingerprint density at radius 3 is 3.11 bits per heavy atom. The van der Waals surface area contributed by atoms with E-state index in [9.17, 15) is 0 Å². The van der Waals surface area contributed by atoms with Gasteiger partial charge in [-0.05, 0) is 12.8 Å². The summed E-state index contributed by atoms with van der Waals surface area (Å²) in [4.78, 5) is 6.99. The normalized spacial score (nSPS) is 27.3. The summed E-state index contributed by atoms with van der Waals surface area (Å²) >= 11 is 1.69. The SMILES string of the molecule is CCC(C)C1CN(CCc2cscn2)C(C)CN1. The lowest BCUT2D eigenvalue weighted by Crippen LogP contribution is -2.57. The van der Waals surface area contributed by atoms with Gasteiger partial charge in [0, 0.05) is 43.5 Å². The van der Waals surface area contributed by atoms with Crippen molar-refractivity contribution in [2.75, 3.05) is 19.6 Å². The Labute approximate surface area is 115 Å². The highest BCUT2D eigenvalue weighted by molar-refractivity contribution is 7.07. The fourth-order valence-corrected chi connectivity index (χ4v) is 3.14. The maximum absolute atomic E-state index is 4.37. The second kappa shape index (κ2) is 6.64. The number of rotatable bonds is 5. The Morgan fingerprint density at radius 2 is 2.44 bits per heavy atom. The van der Waals surface area contributed by atoms with Gasteiger partial charge in [0.05, 0.1) is 11.2 Å². The van der Waals surface area contributed by atoms with Gasteiger partial charge in [-0.1, -0.05) is 20.3 Å². The highest BCUT2D eigenvalue weighted by Crippen LogP contribution is 2.16. The Kier molecular flexibility index (Phi) is 5.15. The fourth-order valence-electron chi connectivity index (χ4n) is 2.54. The standard InChI is InChI=1S/C14H25N3S/c1-4-11(2)14-8-17(12(3)7-15-14)6-5-13-9-18-10-16-13/h9-12,14-15H,4-8H2,1-3H3. The van der Waals surface area contributed by atoms with Gasteiger partial charge in [0.15, 0.2) is 0 Å². The van der Waals surface area contributed by atoms with Crippen LogP contribution in [0, 0.1) is 5.92 Å². The molecule has 102 valence electrons. The highest BCUT2D eigenvalue weighted by Gasteiger charge is 2.27. The van der Waals surface area contributed by atoms with Gasteiger partial charge < -0.3 is 5.32 Å². The quantitative estimate of drug-likeness (QED) is 0.888. The second-order valence-corrected chi connectivity index (χ2v) is 6.19. The van der Waals surface area contributed by atoms with Gasteiger partial charge in [-0.15, -0.1) is 11.3 Å². The van der Waals surface area contributed by atoms with Gasteiger partial charge in [-0.2, -0.15) is 0 Å². The van der Waals surface area contributed by atoms with Crippen LogP contribution in [-0.4, -0.2) is 41.6 Å². The summed E-state index contributed by atoms with van der Waals surface area (Å²) in [5.74, 6) is 0.763. The molecule has 1 aromatic rings. The van der Waals surface area contributed by atoms with Gasteiger partial charge in [0.25, 0.3) is 0 Å². The number of nitrogens with zero attached hydrogens (tertiary/aromatic N) is 2. The lowest BCUT2D eigenvalue weighted by atomic mass is 9.95. The molecular formula is C14H25N3S. The number of hydrogen-bond donors (Lipinski definition) is 1. The molecule has 3 unspecified atom stereocenters. The fraction of sp³-hybridized carbons (Fsp3) is 0.786. The molecule has 0 aromatic carbocycles. The number of piperazine rings is 1. The molecule has 1 aromatic heterocycles. The van der Waals surface area contributed by atoms with Gasteiger partial charge in [0.2, 0.25) is 0 Å².